The lowest BCUT2D eigenvalue weighted by Crippen LogP contribution is -1.85. The molecule has 0 spiro atoms. The highest BCUT2D eigenvalue weighted by Gasteiger charge is 2.01. The van der Waals surface area contributed by atoms with Crippen molar-refractivity contribution in [3.05, 3.63) is 48.2 Å². The standard InChI is InChI=1S/C12H10FNO/c13-11(5-6-15)10-7-9-3-1-2-4-12(9)14-8-10/h1-5,7-8,15H,6H2/b11-5-. The molecule has 0 atom stereocenters. The van der Waals surface area contributed by atoms with Gasteiger partial charge in [0.25, 0.3) is 0 Å². The van der Waals surface area contributed by atoms with E-state index in [1.807, 2.05) is 24.3 Å². The van der Waals surface area contributed by atoms with Crippen LogP contribution in [0.5, 0.6) is 0 Å². The van der Waals surface area contributed by atoms with E-state index in [0.29, 0.717) is 5.56 Å². The molecule has 0 amide bonds. The van der Waals surface area contributed by atoms with Crippen LogP contribution in [0.3, 0.4) is 0 Å². The first-order valence-corrected chi connectivity index (χ1v) is 4.63. The molecule has 2 nitrogen and oxygen atoms in total. The third kappa shape index (κ3) is 2.02. The number of fused-ring (bicyclic) bond motifs is 1. The topological polar surface area (TPSA) is 33.1 Å². The fraction of sp³-hybridized carbons (Fsp3) is 0.0833. The quantitative estimate of drug-likeness (QED) is 0.813. The Balaban J connectivity index is 2.51. The highest BCUT2D eigenvalue weighted by molar-refractivity contribution is 5.81. The number of benzene rings is 1. The van der Waals surface area contributed by atoms with Crippen molar-refractivity contribution in [3.8, 4) is 0 Å². The maximum absolute atomic E-state index is 13.3. The maximum atomic E-state index is 13.3. The maximum Gasteiger partial charge on any atom is 0.130 e. The Morgan fingerprint density at radius 1 is 1.40 bits per heavy atom. The van der Waals surface area contributed by atoms with E-state index in [-0.39, 0.29) is 6.61 Å². The summed E-state index contributed by atoms with van der Waals surface area (Å²) in [5.74, 6) is -0.448. The number of aliphatic hydroxyl groups is 1. The summed E-state index contributed by atoms with van der Waals surface area (Å²) in [5.41, 5.74) is 1.22. The van der Waals surface area contributed by atoms with Crippen LogP contribution in [0.4, 0.5) is 4.39 Å². The molecule has 15 heavy (non-hydrogen) atoms. The zero-order valence-electron chi connectivity index (χ0n) is 8.02. The molecule has 0 aliphatic rings. The lowest BCUT2D eigenvalue weighted by molar-refractivity contribution is 0.342. The van der Waals surface area contributed by atoms with Gasteiger partial charge in [-0.3, -0.25) is 4.98 Å². The molecule has 0 unspecified atom stereocenters. The van der Waals surface area contributed by atoms with E-state index in [4.69, 9.17) is 5.11 Å². The fourth-order valence-corrected chi connectivity index (χ4v) is 1.40. The van der Waals surface area contributed by atoms with Gasteiger partial charge in [-0.15, -0.1) is 0 Å². The molecule has 76 valence electrons. The first kappa shape index (κ1) is 9.80. The van der Waals surface area contributed by atoms with Crippen molar-refractivity contribution in [1.82, 2.24) is 4.98 Å². The summed E-state index contributed by atoms with van der Waals surface area (Å²) in [6, 6.07) is 9.21. The largest absolute Gasteiger partial charge is 0.392 e. The lowest BCUT2D eigenvalue weighted by Gasteiger charge is -2.00. The molecule has 1 heterocycles. The Morgan fingerprint density at radius 3 is 3.00 bits per heavy atom. The van der Waals surface area contributed by atoms with E-state index >= 15 is 0 Å². The molecule has 3 heteroatoms. The SMILES string of the molecule is OC/C=C(\F)c1cnc2ccccc2c1. The molecule has 0 bridgehead atoms. The van der Waals surface area contributed by atoms with Crippen LogP contribution >= 0.6 is 0 Å². The molecule has 0 fully saturated rings. The van der Waals surface area contributed by atoms with Gasteiger partial charge >= 0.3 is 0 Å². The predicted octanol–water partition coefficient (Wildman–Crippen LogP) is 2.54. The van der Waals surface area contributed by atoms with Crippen molar-refractivity contribution < 1.29 is 9.50 Å². The number of halogens is 1. The minimum absolute atomic E-state index is 0.307. The van der Waals surface area contributed by atoms with E-state index in [1.54, 1.807) is 6.07 Å². The summed E-state index contributed by atoms with van der Waals surface area (Å²) < 4.78 is 13.3. The molecule has 2 rings (SSSR count). The molecule has 0 saturated carbocycles. The van der Waals surface area contributed by atoms with Crippen LogP contribution in [-0.2, 0) is 0 Å². The number of para-hydroxylation sites is 1. The smallest absolute Gasteiger partial charge is 0.130 e. The van der Waals surface area contributed by atoms with E-state index in [9.17, 15) is 4.39 Å². The number of hydrogen-bond donors (Lipinski definition) is 1. The van der Waals surface area contributed by atoms with E-state index < -0.39 is 5.83 Å². The molecule has 1 N–H and O–H groups in total. The lowest BCUT2D eigenvalue weighted by atomic mass is 10.1. The third-order valence-electron chi connectivity index (χ3n) is 2.14. The van der Waals surface area contributed by atoms with Gasteiger partial charge in [-0.1, -0.05) is 18.2 Å². The van der Waals surface area contributed by atoms with Crippen molar-refractivity contribution in [2.24, 2.45) is 0 Å². The number of aromatic nitrogens is 1. The van der Waals surface area contributed by atoms with Gasteiger partial charge in [0.2, 0.25) is 0 Å². The Kier molecular flexibility index (Phi) is 2.74. The molecular weight excluding hydrogens is 193 g/mol. The Morgan fingerprint density at radius 2 is 2.20 bits per heavy atom. The van der Waals surface area contributed by atoms with Crippen LogP contribution in [0.25, 0.3) is 16.7 Å². The van der Waals surface area contributed by atoms with Crippen LogP contribution < -0.4 is 0 Å². The van der Waals surface area contributed by atoms with Gasteiger partial charge in [-0.2, -0.15) is 0 Å². The second-order valence-electron chi connectivity index (χ2n) is 3.15. The first-order valence-electron chi connectivity index (χ1n) is 4.63. The molecule has 2 aromatic rings. The van der Waals surface area contributed by atoms with Gasteiger partial charge in [-0.05, 0) is 18.2 Å². The van der Waals surface area contributed by atoms with Gasteiger partial charge in [0.1, 0.15) is 5.83 Å². The Hall–Kier alpha value is -1.74. The molecule has 1 aromatic carbocycles. The molecule has 0 aliphatic carbocycles. The monoisotopic (exact) mass is 203 g/mol. The molecule has 1 aromatic heterocycles. The number of nitrogens with zero attached hydrogens (tertiary/aromatic N) is 1. The molecule has 0 radical (unpaired) electrons. The summed E-state index contributed by atoms with van der Waals surface area (Å²) in [6.07, 6.45) is 2.58. The summed E-state index contributed by atoms with van der Waals surface area (Å²) in [6.45, 7) is -0.307. The summed E-state index contributed by atoms with van der Waals surface area (Å²) in [4.78, 5) is 4.12. The van der Waals surface area contributed by atoms with Gasteiger partial charge in [0.05, 0.1) is 12.1 Å². The van der Waals surface area contributed by atoms with E-state index in [2.05, 4.69) is 4.98 Å². The minimum atomic E-state index is -0.448. The minimum Gasteiger partial charge on any atom is -0.392 e. The van der Waals surface area contributed by atoms with Crippen molar-refractivity contribution in [2.45, 2.75) is 0 Å². The second kappa shape index (κ2) is 4.19. The van der Waals surface area contributed by atoms with Crippen molar-refractivity contribution in [3.63, 3.8) is 0 Å². The van der Waals surface area contributed by atoms with E-state index in [0.717, 1.165) is 17.0 Å². The van der Waals surface area contributed by atoms with Crippen molar-refractivity contribution >= 4 is 16.7 Å². The first-order chi connectivity index (χ1) is 7.31. The second-order valence-corrected chi connectivity index (χ2v) is 3.15. The fourth-order valence-electron chi connectivity index (χ4n) is 1.40. The van der Waals surface area contributed by atoms with Crippen molar-refractivity contribution in [2.75, 3.05) is 6.61 Å². The summed E-state index contributed by atoms with van der Waals surface area (Å²) in [5, 5.41) is 9.46. The highest BCUT2D eigenvalue weighted by atomic mass is 19.1. The summed E-state index contributed by atoms with van der Waals surface area (Å²) in [7, 11) is 0. The number of rotatable bonds is 2. The molecule has 0 aliphatic heterocycles. The van der Waals surface area contributed by atoms with Gasteiger partial charge < -0.3 is 5.11 Å². The third-order valence-corrected chi connectivity index (χ3v) is 2.14. The normalized spacial score (nSPS) is 12.0. The van der Waals surface area contributed by atoms with Crippen LogP contribution in [0.2, 0.25) is 0 Å². The molecule has 0 saturated heterocycles. The zero-order valence-corrected chi connectivity index (χ0v) is 8.02. The van der Waals surface area contributed by atoms with Crippen LogP contribution in [-0.4, -0.2) is 16.7 Å². The molecular formula is C12H10FNO. The summed E-state index contributed by atoms with van der Waals surface area (Å²) >= 11 is 0. The van der Waals surface area contributed by atoms with Gasteiger partial charge in [0, 0.05) is 17.1 Å². The average molecular weight is 203 g/mol. The Labute approximate surface area is 86.7 Å². The predicted molar refractivity (Wildman–Crippen MR) is 57.9 cm³/mol. The highest BCUT2D eigenvalue weighted by Crippen LogP contribution is 2.19. The number of pyridine rings is 1. The van der Waals surface area contributed by atoms with Crippen molar-refractivity contribution in [1.29, 1.82) is 0 Å². The van der Waals surface area contributed by atoms with Crippen LogP contribution in [0, 0.1) is 0 Å². The van der Waals surface area contributed by atoms with Crippen LogP contribution in [0.1, 0.15) is 5.56 Å². The van der Waals surface area contributed by atoms with Crippen LogP contribution in [0.15, 0.2) is 42.6 Å². The van der Waals surface area contributed by atoms with Gasteiger partial charge in [-0.25, -0.2) is 4.39 Å². The zero-order chi connectivity index (χ0) is 10.7. The van der Waals surface area contributed by atoms with E-state index in [1.165, 1.54) is 6.20 Å². The number of hydrogen-bond acceptors (Lipinski definition) is 2. The van der Waals surface area contributed by atoms with Gasteiger partial charge in [0.15, 0.2) is 0 Å². The Bertz CT molecular complexity index is 508. The number of aliphatic hydroxyl groups excluding tert-OH is 1. The average Bonchev–Trinajstić information content (AvgIpc) is 2.29.